The number of carbonyl (C=O) groups excluding carboxylic acids is 1. The molecule has 0 aliphatic carbocycles. The highest BCUT2D eigenvalue weighted by molar-refractivity contribution is 9.10. The van der Waals surface area contributed by atoms with E-state index in [1.165, 1.54) is 21.3 Å². The zero-order chi connectivity index (χ0) is 17.0. The molecule has 23 heavy (non-hydrogen) atoms. The van der Waals surface area contributed by atoms with Gasteiger partial charge in [0.1, 0.15) is 17.2 Å². The number of nitrogens with one attached hydrogen (secondary N) is 1. The smallest absolute Gasteiger partial charge is 0.259 e. The molecular formula is C16H15BrClNO4. The lowest BCUT2D eigenvalue weighted by Crippen LogP contribution is -2.14. The van der Waals surface area contributed by atoms with Crippen molar-refractivity contribution in [1.29, 1.82) is 0 Å². The molecule has 0 aliphatic rings. The molecule has 0 fully saturated rings. The molecule has 5 nitrogen and oxygen atoms in total. The predicted molar refractivity (Wildman–Crippen MR) is 93.2 cm³/mol. The number of benzene rings is 2. The van der Waals surface area contributed by atoms with E-state index >= 15 is 0 Å². The average molecular weight is 401 g/mol. The number of ether oxygens (including phenoxy) is 3. The van der Waals surface area contributed by atoms with E-state index in [-0.39, 0.29) is 5.91 Å². The van der Waals surface area contributed by atoms with Crippen molar-refractivity contribution in [3.8, 4) is 17.2 Å². The Hall–Kier alpha value is -1.92. The van der Waals surface area contributed by atoms with Crippen LogP contribution in [0.3, 0.4) is 0 Å². The van der Waals surface area contributed by atoms with Gasteiger partial charge >= 0.3 is 0 Å². The summed E-state index contributed by atoms with van der Waals surface area (Å²) < 4.78 is 16.4. The SMILES string of the molecule is COc1cc(NC(=O)c2cc(Br)ccc2OC)c(OC)cc1Cl. The Kier molecular flexibility index (Phi) is 5.74. The van der Waals surface area contributed by atoms with Crippen LogP contribution in [-0.4, -0.2) is 27.2 Å². The number of amides is 1. The molecule has 2 rings (SSSR count). The van der Waals surface area contributed by atoms with Crippen LogP contribution in [-0.2, 0) is 0 Å². The van der Waals surface area contributed by atoms with Crippen LogP contribution in [0.2, 0.25) is 5.02 Å². The van der Waals surface area contributed by atoms with Crippen molar-refractivity contribution in [3.63, 3.8) is 0 Å². The number of rotatable bonds is 5. The quantitative estimate of drug-likeness (QED) is 0.809. The molecule has 0 saturated heterocycles. The second kappa shape index (κ2) is 7.57. The van der Waals surface area contributed by atoms with E-state index in [0.717, 1.165) is 4.47 Å². The maximum atomic E-state index is 12.6. The largest absolute Gasteiger partial charge is 0.496 e. The van der Waals surface area contributed by atoms with Gasteiger partial charge in [0, 0.05) is 16.6 Å². The minimum absolute atomic E-state index is 0.342. The Labute approximate surface area is 147 Å². The van der Waals surface area contributed by atoms with Gasteiger partial charge in [0.25, 0.3) is 5.91 Å². The van der Waals surface area contributed by atoms with Gasteiger partial charge in [-0.2, -0.15) is 0 Å². The van der Waals surface area contributed by atoms with Gasteiger partial charge in [-0.3, -0.25) is 4.79 Å². The van der Waals surface area contributed by atoms with Crippen molar-refractivity contribution in [1.82, 2.24) is 0 Å². The summed E-state index contributed by atoms with van der Waals surface area (Å²) in [6.45, 7) is 0. The first-order valence-corrected chi connectivity index (χ1v) is 7.73. The van der Waals surface area contributed by atoms with Gasteiger partial charge in [-0.25, -0.2) is 0 Å². The molecule has 0 aromatic heterocycles. The summed E-state index contributed by atoms with van der Waals surface area (Å²) in [5.74, 6) is 0.985. The highest BCUT2D eigenvalue weighted by atomic mass is 79.9. The first-order chi connectivity index (χ1) is 11.0. The highest BCUT2D eigenvalue weighted by Crippen LogP contribution is 2.36. The third-order valence-electron chi connectivity index (χ3n) is 3.13. The summed E-state index contributed by atoms with van der Waals surface area (Å²) in [5, 5.41) is 3.17. The number of hydrogen-bond acceptors (Lipinski definition) is 4. The molecule has 0 aliphatic heterocycles. The molecule has 1 N–H and O–H groups in total. The minimum atomic E-state index is -0.342. The fourth-order valence-electron chi connectivity index (χ4n) is 2.01. The summed E-state index contributed by atoms with van der Waals surface area (Å²) in [4.78, 5) is 12.6. The van der Waals surface area contributed by atoms with Crippen molar-refractivity contribution >= 4 is 39.1 Å². The first-order valence-electron chi connectivity index (χ1n) is 6.56. The second-order valence-electron chi connectivity index (χ2n) is 4.49. The van der Waals surface area contributed by atoms with Crippen LogP contribution in [0.15, 0.2) is 34.8 Å². The Morgan fingerprint density at radius 1 is 1.00 bits per heavy atom. The number of halogens is 2. The summed E-state index contributed by atoms with van der Waals surface area (Å²) in [6, 6.07) is 8.35. The zero-order valence-corrected chi connectivity index (χ0v) is 15.1. The fourth-order valence-corrected chi connectivity index (χ4v) is 2.60. The first kappa shape index (κ1) is 17.4. The van der Waals surface area contributed by atoms with Crippen molar-refractivity contribution in [3.05, 3.63) is 45.4 Å². The predicted octanol–water partition coefficient (Wildman–Crippen LogP) is 4.38. The summed E-state index contributed by atoms with van der Waals surface area (Å²) >= 11 is 9.40. The molecule has 122 valence electrons. The van der Waals surface area contributed by atoms with Crippen LogP contribution in [0.5, 0.6) is 17.2 Å². The van der Waals surface area contributed by atoms with Gasteiger partial charge < -0.3 is 19.5 Å². The normalized spacial score (nSPS) is 10.1. The molecule has 2 aromatic rings. The van der Waals surface area contributed by atoms with Gasteiger partial charge in [-0.1, -0.05) is 27.5 Å². The van der Waals surface area contributed by atoms with E-state index < -0.39 is 0 Å². The van der Waals surface area contributed by atoms with Gasteiger partial charge in [-0.15, -0.1) is 0 Å². The molecule has 0 atom stereocenters. The molecule has 0 heterocycles. The van der Waals surface area contributed by atoms with Crippen LogP contribution in [0.1, 0.15) is 10.4 Å². The van der Waals surface area contributed by atoms with Crippen LogP contribution in [0.4, 0.5) is 5.69 Å². The number of carbonyl (C=O) groups is 1. The van der Waals surface area contributed by atoms with Gasteiger partial charge in [0.2, 0.25) is 0 Å². The molecule has 2 aromatic carbocycles. The lowest BCUT2D eigenvalue weighted by molar-refractivity contribution is 0.102. The Morgan fingerprint density at radius 3 is 2.26 bits per heavy atom. The van der Waals surface area contributed by atoms with Crippen LogP contribution >= 0.6 is 27.5 Å². The van der Waals surface area contributed by atoms with Crippen LogP contribution < -0.4 is 19.5 Å². The Balaban J connectivity index is 2.39. The molecule has 0 saturated carbocycles. The van der Waals surface area contributed by atoms with E-state index in [9.17, 15) is 4.79 Å². The van der Waals surface area contributed by atoms with Crippen molar-refractivity contribution in [2.75, 3.05) is 26.6 Å². The lowest BCUT2D eigenvalue weighted by Gasteiger charge is -2.14. The maximum Gasteiger partial charge on any atom is 0.259 e. The van der Waals surface area contributed by atoms with E-state index in [1.807, 2.05) is 0 Å². The molecule has 0 radical (unpaired) electrons. The lowest BCUT2D eigenvalue weighted by atomic mass is 10.1. The average Bonchev–Trinajstić information content (AvgIpc) is 2.55. The zero-order valence-electron chi connectivity index (χ0n) is 12.8. The number of hydrogen-bond donors (Lipinski definition) is 1. The highest BCUT2D eigenvalue weighted by Gasteiger charge is 2.17. The standard InChI is InChI=1S/C16H15BrClNO4/c1-21-13-5-4-9(17)6-10(13)16(20)19-12-8-14(22-2)11(18)7-15(12)23-3/h4-8H,1-3H3,(H,19,20). The molecule has 7 heteroatoms. The summed E-state index contributed by atoms with van der Waals surface area (Å²) in [7, 11) is 4.50. The summed E-state index contributed by atoms with van der Waals surface area (Å²) in [5.41, 5.74) is 0.832. The molecule has 0 unspecified atom stereocenters. The van der Waals surface area contributed by atoms with Crippen molar-refractivity contribution in [2.45, 2.75) is 0 Å². The van der Waals surface area contributed by atoms with Gasteiger partial charge in [0.15, 0.2) is 0 Å². The third kappa shape index (κ3) is 3.89. The van der Waals surface area contributed by atoms with Crippen molar-refractivity contribution in [2.24, 2.45) is 0 Å². The number of methoxy groups -OCH3 is 3. The van der Waals surface area contributed by atoms with E-state index in [1.54, 1.807) is 30.3 Å². The van der Waals surface area contributed by atoms with E-state index in [0.29, 0.717) is 33.5 Å². The second-order valence-corrected chi connectivity index (χ2v) is 5.81. The Morgan fingerprint density at radius 2 is 1.65 bits per heavy atom. The maximum absolute atomic E-state index is 12.6. The molecular weight excluding hydrogens is 386 g/mol. The third-order valence-corrected chi connectivity index (χ3v) is 3.92. The monoisotopic (exact) mass is 399 g/mol. The Bertz CT molecular complexity index is 736. The molecule has 0 bridgehead atoms. The number of anilines is 1. The summed E-state index contributed by atoms with van der Waals surface area (Å²) in [6.07, 6.45) is 0. The topological polar surface area (TPSA) is 56.8 Å². The van der Waals surface area contributed by atoms with Crippen molar-refractivity contribution < 1.29 is 19.0 Å². The van der Waals surface area contributed by atoms with Gasteiger partial charge in [0.05, 0.1) is 37.6 Å². The van der Waals surface area contributed by atoms with E-state index in [2.05, 4.69) is 21.2 Å². The minimum Gasteiger partial charge on any atom is -0.496 e. The van der Waals surface area contributed by atoms with Crippen LogP contribution in [0, 0.1) is 0 Å². The van der Waals surface area contributed by atoms with E-state index in [4.69, 9.17) is 25.8 Å². The van der Waals surface area contributed by atoms with Crippen LogP contribution in [0.25, 0.3) is 0 Å². The molecule has 0 spiro atoms. The molecule has 1 amide bonds. The van der Waals surface area contributed by atoms with Gasteiger partial charge in [-0.05, 0) is 18.2 Å². The fraction of sp³-hybridized carbons (Fsp3) is 0.188.